The number of fused-ring (bicyclic) bond motifs is 1. The first-order valence-electron chi connectivity index (χ1n) is 6.99. The Bertz CT molecular complexity index is 669. The van der Waals surface area contributed by atoms with Crippen LogP contribution in [0.5, 0.6) is 0 Å². The van der Waals surface area contributed by atoms with Crippen LogP contribution >= 0.6 is 11.6 Å². The summed E-state index contributed by atoms with van der Waals surface area (Å²) in [6, 6.07) is 15.5. The lowest BCUT2D eigenvalue weighted by molar-refractivity contribution is -0.122. The van der Waals surface area contributed by atoms with E-state index in [1.807, 2.05) is 24.3 Å². The zero-order valence-electron chi connectivity index (χ0n) is 11.6. The summed E-state index contributed by atoms with van der Waals surface area (Å²) in [5, 5.41) is 4.00. The van der Waals surface area contributed by atoms with Gasteiger partial charge in [-0.1, -0.05) is 35.9 Å². The molecule has 0 fully saturated rings. The molecule has 1 atom stereocenters. The van der Waals surface area contributed by atoms with Crippen molar-refractivity contribution in [3.05, 3.63) is 64.7 Å². The summed E-state index contributed by atoms with van der Waals surface area (Å²) in [4.78, 5) is 12.1. The molecule has 0 bridgehead atoms. The quantitative estimate of drug-likeness (QED) is 0.915. The van der Waals surface area contributed by atoms with Crippen LogP contribution in [0.3, 0.4) is 0 Å². The molecule has 0 aromatic heterocycles. The second-order valence-electron chi connectivity index (χ2n) is 5.52. The highest BCUT2D eigenvalue weighted by molar-refractivity contribution is 6.30. The van der Waals surface area contributed by atoms with Crippen molar-refractivity contribution in [1.82, 2.24) is 0 Å². The third kappa shape index (κ3) is 2.74. The fraction of sp³-hybridized carbons (Fsp3) is 0.235. The molecule has 3 N–H and O–H groups in total. The molecule has 4 heteroatoms. The number of hydrogen-bond acceptors (Lipinski definition) is 2. The van der Waals surface area contributed by atoms with E-state index in [0.29, 0.717) is 17.9 Å². The van der Waals surface area contributed by atoms with Gasteiger partial charge in [-0.3, -0.25) is 4.79 Å². The van der Waals surface area contributed by atoms with Gasteiger partial charge in [0, 0.05) is 17.1 Å². The van der Waals surface area contributed by atoms with E-state index in [1.165, 1.54) is 11.1 Å². The number of hydrogen-bond donors (Lipinski definition) is 2. The van der Waals surface area contributed by atoms with Gasteiger partial charge >= 0.3 is 0 Å². The lowest BCUT2D eigenvalue weighted by Crippen LogP contribution is -2.54. The fourth-order valence-electron chi connectivity index (χ4n) is 2.92. The minimum Gasteiger partial charge on any atom is -0.371 e. The van der Waals surface area contributed by atoms with Crippen molar-refractivity contribution in [3.8, 4) is 0 Å². The molecule has 0 saturated heterocycles. The van der Waals surface area contributed by atoms with Gasteiger partial charge in [-0.15, -0.1) is 0 Å². The standard InChI is InChI=1S/C17H17ClN2O/c18-14-5-7-15(8-6-14)20-17(16(19)21)10-9-12-3-1-2-4-13(12)11-17/h1-8,20H,9-11H2,(H2,19,21). The topological polar surface area (TPSA) is 55.1 Å². The molecular formula is C17H17ClN2O. The van der Waals surface area contributed by atoms with Crippen LogP contribution in [0.15, 0.2) is 48.5 Å². The van der Waals surface area contributed by atoms with E-state index in [1.54, 1.807) is 12.1 Å². The summed E-state index contributed by atoms with van der Waals surface area (Å²) in [5.41, 5.74) is 8.32. The lowest BCUT2D eigenvalue weighted by atomic mass is 9.77. The van der Waals surface area contributed by atoms with Gasteiger partial charge in [0.05, 0.1) is 0 Å². The molecule has 21 heavy (non-hydrogen) atoms. The zero-order valence-corrected chi connectivity index (χ0v) is 12.4. The number of halogens is 1. The third-order valence-electron chi connectivity index (χ3n) is 4.13. The van der Waals surface area contributed by atoms with Crippen molar-refractivity contribution in [2.45, 2.75) is 24.8 Å². The third-order valence-corrected chi connectivity index (χ3v) is 4.38. The summed E-state index contributed by atoms with van der Waals surface area (Å²) in [5.74, 6) is -0.313. The zero-order chi connectivity index (χ0) is 14.9. The highest BCUT2D eigenvalue weighted by atomic mass is 35.5. The number of carbonyl (C=O) groups excluding carboxylic acids is 1. The second kappa shape index (κ2) is 5.41. The number of rotatable bonds is 3. The maximum absolute atomic E-state index is 12.1. The predicted molar refractivity (Wildman–Crippen MR) is 85.5 cm³/mol. The largest absolute Gasteiger partial charge is 0.371 e. The van der Waals surface area contributed by atoms with Crippen LogP contribution in [0.2, 0.25) is 5.02 Å². The van der Waals surface area contributed by atoms with Crippen LogP contribution < -0.4 is 11.1 Å². The van der Waals surface area contributed by atoms with E-state index < -0.39 is 5.54 Å². The highest BCUT2D eigenvalue weighted by Crippen LogP contribution is 2.32. The number of primary amides is 1. The first-order chi connectivity index (χ1) is 10.1. The molecular weight excluding hydrogens is 284 g/mol. The van der Waals surface area contributed by atoms with Gasteiger partial charge in [-0.05, 0) is 48.2 Å². The second-order valence-corrected chi connectivity index (χ2v) is 5.96. The normalized spacial score (nSPS) is 20.6. The highest BCUT2D eigenvalue weighted by Gasteiger charge is 2.39. The van der Waals surface area contributed by atoms with Crippen LogP contribution in [0, 0.1) is 0 Å². The predicted octanol–water partition coefficient (Wildman–Crippen LogP) is 3.16. The van der Waals surface area contributed by atoms with Gasteiger partial charge in [0.2, 0.25) is 5.91 Å². The summed E-state index contributed by atoms with van der Waals surface area (Å²) in [6.07, 6.45) is 2.16. The molecule has 1 amide bonds. The molecule has 1 unspecified atom stereocenters. The number of aryl methyl sites for hydroxylation is 1. The number of anilines is 1. The minimum absolute atomic E-state index is 0.313. The summed E-state index contributed by atoms with van der Waals surface area (Å²) < 4.78 is 0. The molecule has 2 aromatic rings. The van der Waals surface area contributed by atoms with Crippen molar-refractivity contribution in [2.24, 2.45) is 5.73 Å². The number of carbonyl (C=O) groups is 1. The Morgan fingerprint density at radius 2 is 1.76 bits per heavy atom. The summed E-state index contributed by atoms with van der Waals surface area (Å²) >= 11 is 5.90. The van der Waals surface area contributed by atoms with Gasteiger partial charge in [0.25, 0.3) is 0 Å². The Hall–Kier alpha value is -2.00. The molecule has 0 spiro atoms. The smallest absolute Gasteiger partial charge is 0.243 e. The van der Waals surface area contributed by atoms with Crippen LogP contribution in [-0.4, -0.2) is 11.4 Å². The molecule has 3 nitrogen and oxygen atoms in total. The van der Waals surface area contributed by atoms with Gasteiger partial charge in [0.1, 0.15) is 5.54 Å². The molecule has 1 aliphatic carbocycles. The van der Waals surface area contributed by atoms with E-state index >= 15 is 0 Å². The Kier molecular flexibility index (Phi) is 3.60. The van der Waals surface area contributed by atoms with Gasteiger partial charge in [-0.25, -0.2) is 0 Å². The minimum atomic E-state index is -0.734. The van der Waals surface area contributed by atoms with Gasteiger partial charge < -0.3 is 11.1 Å². The van der Waals surface area contributed by atoms with Crippen LogP contribution in [0.4, 0.5) is 5.69 Å². The van der Waals surface area contributed by atoms with Crippen molar-refractivity contribution in [2.75, 3.05) is 5.32 Å². The Morgan fingerprint density at radius 3 is 2.43 bits per heavy atom. The molecule has 2 aromatic carbocycles. The average Bonchev–Trinajstić information content (AvgIpc) is 2.49. The molecule has 0 radical (unpaired) electrons. The monoisotopic (exact) mass is 300 g/mol. The van der Waals surface area contributed by atoms with Gasteiger partial charge in [0.15, 0.2) is 0 Å². The van der Waals surface area contributed by atoms with E-state index in [0.717, 1.165) is 12.1 Å². The summed E-state index contributed by atoms with van der Waals surface area (Å²) in [7, 11) is 0. The van der Waals surface area contributed by atoms with Crippen molar-refractivity contribution in [1.29, 1.82) is 0 Å². The number of benzene rings is 2. The molecule has 0 heterocycles. The maximum Gasteiger partial charge on any atom is 0.243 e. The molecule has 0 saturated carbocycles. The molecule has 108 valence electrons. The van der Waals surface area contributed by atoms with Crippen molar-refractivity contribution >= 4 is 23.2 Å². The van der Waals surface area contributed by atoms with Crippen LogP contribution in [0.1, 0.15) is 17.5 Å². The lowest BCUT2D eigenvalue weighted by Gasteiger charge is -2.37. The number of nitrogens with one attached hydrogen (secondary N) is 1. The van der Waals surface area contributed by atoms with Crippen LogP contribution in [-0.2, 0) is 17.6 Å². The SMILES string of the molecule is NC(=O)C1(Nc2ccc(Cl)cc2)CCc2ccccc2C1. The first-order valence-corrected chi connectivity index (χ1v) is 7.37. The number of amides is 1. The van der Waals surface area contributed by atoms with Crippen molar-refractivity contribution in [3.63, 3.8) is 0 Å². The Labute approximate surface area is 129 Å². The summed E-state index contributed by atoms with van der Waals surface area (Å²) in [6.45, 7) is 0. The van der Waals surface area contributed by atoms with E-state index in [4.69, 9.17) is 17.3 Å². The van der Waals surface area contributed by atoms with Gasteiger partial charge in [-0.2, -0.15) is 0 Å². The van der Waals surface area contributed by atoms with E-state index in [9.17, 15) is 4.79 Å². The van der Waals surface area contributed by atoms with Crippen LogP contribution in [0.25, 0.3) is 0 Å². The number of nitrogens with two attached hydrogens (primary N) is 1. The molecule has 1 aliphatic rings. The Morgan fingerprint density at radius 1 is 1.10 bits per heavy atom. The maximum atomic E-state index is 12.1. The Balaban J connectivity index is 1.91. The fourth-order valence-corrected chi connectivity index (χ4v) is 3.05. The molecule has 3 rings (SSSR count). The average molecular weight is 301 g/mol. The first kappa shape index (κ1) is 14.0. The van der Waals surface area contributed by atoms with E-state index in [-0.39, 0.29) is 5.91 Å². The molecule has 0 aliphatic heterocycles. The van der Waals surface area contributed by atoms with E-state index in [2.05, 4.69) is 17.4 Å². The van der Waals surface area contributed by atoms with Crippen molar-refractivity contribution < 1.29 is 4.79 Å².